The van der Waals surface area contributed by atoms with Crippen molar-refractivity contribution in [3.8, 4) is 17.0 Å². The highest BCUT2D eigenvalue weighted by molar-refractivity contribution is 5.77. The fourth-order valence-corrected chi connectivity index (χ4v) is 2.29. The molecule has 3 rings (SSSR count). The van der Waals surface area contributed by atoms with Crippen molar-refractivity contribution in [1.29, 1.82) is 0 Å². The first kappa shape index (κ1) is 16.6. The van der Waals surface area contributed by atoms with Gasteiger partial charge in [-0.15, -0.1) is 0 Å². The van der Waals surface area contributed by atoms with Gasteiger partial charge >= 0.3 is 0 Å². The molecule has 1 amide bonds. The summed E-state index contributed by atoms with van der Waals surface area (Å²) in [5.74, 6) is -0.791. The first-order valence-corrected chi connectivity index (χ1v) is 7.72. The lowest BCUT2D eigenvalue weighted by Gasteiger charge is -2.10. The molecule has 0 saturated heterocycles. The van der Waals surface area contributed by atoms with Gasteiger partial charge in [0.1, 0.15) is 0 Å². The fraction of sp³-hybridized carbons (Fsp3) is 0.105. The van der Waals surface area contributed by atoms with E-state index in [2.05, 4.69) is 15.3 Å². The Balaban J connectivity index is 1.60. The first-order chi connectivity index (χ1) is 12.2. The van der Waals surface area contributed by atoms with Gasteiger partial charge in [-0.05, 0) is 35.9 Å². The minimum absolute atomic E-state index is 0.0510. The van der Waals surface area contributed by atoms with Crippen LogP contribution < -0.4 is 10.1 Å². The van der Waals surface area contributed by atoms with Gasteiger partial charge in [-0.2, -0.15) is 0 Å². The van der Waals surface area contributed by atoms with E-state index in [1.54, 1.807) is 36.8 Å². The van der Waals surface area contributed by atoms with Crippen LogP contribution in [-0.2, 0) is 11.3 Å². The standard InChI is InChI=1S/C19H16FN3O2/c20-16-7-1-2-8-17(16)25-13-18(24)23-12-15-6-4-10-22-19(15)14-5-3-9-21-11-14/h1-11H,12-13H2,(H,23,24). The van der Waals surface area contributed by atoms with Crippen molar-refractivity contribution in [2.45, 2.75) is 6.54 Å². The Morgan fingerprint density at radius 2 is 1.92 bits per heavy atom. The Hall–Kier alpha value is -3.28. The second kappa shape index (κ2) is 8.01. The number of para-hydroxylation sites is 1. The maximum Gasteiger partial charge on any atom is 0.258 e. The van der Waals surface area contributed by atoms with Crippen LogP contribution in [-0.4, -0.2) is 22.5 Å². The summed E-state index contributed by atoms with van der Waals surface area (Å²) in [5.41, 5.74) is 2.48. The van der Waals surface area contributed by atoms with Gasteiger partial charge in [-0.1, -0.05) is 18.2 Å². The van der Waals surface area contributed by atoms with Crippen molar-refractivity contribution in [1.82, 2.24) is 15.3 Å². The molecule has 0 aliphatic carbocycles. The van der Waals surface area contributed by atoms with Crippen molar-refractivity contribution in [3.63, 3.8) is 0 Å². The number of nitrogens with zero attached hydrogens (tertiary/aromatic N) is 2. The van der Waals surface area contributed by atoms with E-state index in [4.69, 9.17) is 4.74 Å². The average Bonchev–Trinajstić information content (AvgIpc) is 2.66. The maximum atomic E-state index is 13.5. The second-order valence-corrected chi connectivity index (χ2v) is 5.25. The van der Waals surface area contributed by atoms with E-state index in [0.29, 0.717) is 0 Å². The van der Waals surface area contributed by atoms with E-state index < -0.39 is 5.82 Å². The number of pyridine rings is 2. The predicted molar refractivity (Wildman–Crippen MR) is 91.2 cm³/mol. The van der Waals surface area contributed by atoms with Crippen molar-refractivity contribution >= 4 is 5.91 Å². The molecule has 0 bridgehead atoms. The van der Waals surface area contributed by atoms with Crippen LogP contribution in [0.3, 0.4) is 0 Å². The highest BCUT2D eigenvalue weighted by Gasteiger charge is 2.09. The minimum Gasteiger partial charge on any atom is -0.481 e. The van der Waals surface area contributed by atoms with Gasteiger partial charge in [0.25, 0.3) is 5.91 Å². The Labute approximate surface area is 144 Å². The van der Waals surface area contributed by atoms with Crippen molar-refractivity contribution < 1.29 is 13.9 Å². The summed E-state index contributed by atoms with van der Waals surface area (Å²) in [6, 6.07) is 13.4. The third kappa shape index (κ3) is 4.38. The Kier molecular flexibility index (Phi) is 5.31. The van der Waals surface area contributed by atoms with Crippen LogP contribution in [0.4, 0.5) is 4.39 Å². The van der Waals surface area contributed by atoms with Crippen molar-refractivity contribution in [3.05, 3.63) is 78.5 Å². The summed E-state index contributed by atoms with van der Waals surface area (Å²) >= 11 is 0. The number of halogens is 1. The van der Waals surface area contributed by atoms with Crippen LogP contribution in [0.25, 0.3) is 11.3 Å². The third-order valence-electron chi connectivity index (χ3n) is 3.50. The molecule has 0 saturated carbocycles. The number of nitrogens with one attached hydrogen (secondary N) is 1. The van der Waals surface area contributed by atoms with Gasteiger partial charge in [0, 0.05) is 30.7 Å². The number of carbonyl (C=O) groups is 1. The number of rotatable bonds is 6. The van der Waals surface area contributed by atoms with E-state index >= 15 is 0 Å². The highest BCUT2D eigenvalue weighted by atomic mass is 19.1. The van der Waals surface area contributed by atoms with E-state index in [1.807, 2.05) is 18.2 Å². The lowest BCUT2D eigenvalue weighted by atomic mass is 10.1. The Bertz CT molecular complexity index is 856. The van der Waals surface area contributed by atoms with Crippen LogP contribution in [0.15, 0.2) is 67.1 Å². The molecule has 0 atom stereocenters. The summed E-state index contributed by atoms with van der Waals surface area (Å²) in [6.45, 7) is 0.0287. The largest absolute Gasteiger partial charge is 0.481 e. The quantitative estimate of drug-likeness (QED) is 0.751. The number of carbonyl (C=O) groups excluding carboxylic acids is 1. The van der Waals surface area contributed by atoms with Gasteiger partial charge < -0.3 is 10.1 Å². The van der Waals surface area contributed by atoms with Gasteiger partial charge in [0.05, 0.1) is 5.69 Å². The summed E-state index contributed by atoms with van der Waals surface area (Å²) in [5, 5.41) is 2.75. The van der Waals surface area contributed by atoms with E-state index in [0.717, 1.165) is 16.8 Å². The second-order valence-electron chi connectivity index (χ2n) is 5.25. The van der Waals surface area contributed by atoms with E-state index in [9.17, 15) is 9.18 Å². The molecule has 6 heteroatoms. The molecule has 0 radical (unpaired) electrons. The molecule has 25 heavy (non-hydrogen) atoms. The summed E-state index contributed by atoms with van der Waals surface area (Å²) in [6.07, 6.45) is 5.10. The first-order valence-electron chi connectivity index (χ1n) is 7.72. The molecule has 2 heterocycles. The number of benzene rings is 1. The summed E-state index contributed by atoms with van der Waals surface area (Å²) < 4.78 is 18.6. The van der Waals surface area contributed by atoms with Crippen LogP contribution in [0.1, 0.15) is 5.56 Å². The SMILES string of the molecule is O=C(COc1ccccc1F)NCc1cccnc1-c1cccnc1. The highest BCUT2D eigenvalue weighted by Crippen LogP contribution is 2.19. The smallest absolute Gasteiger partial charge is 0.258 e. The van der Waals surface area contributed by atoms with Crippen LogP contribution >= 0.6 is 0 Å². The third-order valence-corrected chi connectivity index (χ3v) is 3.50. The molecule has 0 aliphatic rings. The normalized spacial score (nSPS) is 10.3. The number of hydrogen-bond donors (Lipinski definition) is 1. The zero-order valence-corrected chi connectivity index (χ0v) is 13.4. The minimum atomic E-state index is -0.499. The van der Waals surface area contributed by atoms with Crippen LogP contribution in [0.2, 0.25) is 0 Å². The number of ether oxygens (including phenoxy) is 1. The Morgan fingerprint density at radius 3 is 2.72 bits per heavy atom. The predicted octanol–water partition coefficient (Wildman–Crippen LogP) is 2.98. The Morgan fingerprint density at radius 1 is 1.08 bits per heavy atom. The molecule has 0 unspecified atom stereocenters. The number of hydrogen-bond acceptors (Lipinski definition) is 4. The lowest BCUT2D eigenvalue weighted by Crippen LogP contribution is -2.28. The van der Waals surface area contributed by atoms with Crippen LogP contribution in [0.5, 0.6) is 5.75 Å². The molecule has 0 fully saturated rings. The topological polar surface area (TPSA) is 64.1 Å². The molecule has 5 nitrogen and oxygen atoms in total. The molecular weight excluding hydrogens is 321 g/mol. The molecule has 1 aromatic carbocycles. The summed E-state index contributed by atoms with van der Waals surface area (Å²) in [4.78, 5) is 20.4. The molecular formula is C19H16FN3O2. The lowest BCUT2D eigenvalue weighted by molar-refractivity contribution is -0.123. The average molecular weight is 337 g/mol. The molecule has 0 aliphatic heterocycles. The maximum absolute atomic E-state index is 13.5. The van der Waals surface area contributed by atoms with Crippen molar-refractivity contribution in [2.75, 3.05) is 6.61 Å². The molecule has 0 spiro atoms. The fourth-order valence-electron chi connectivity index (χ4n) is 2.29. The van der Waals surface area contributed by atoms with Gasteiger partial charge in [-0.25, -0.2) is 4.39 Å². The van der Waals surface area contributed by atoms with Gasteiger partial charge in [-0.3, -0.25) is 14.8 Å². The molecule has 1 N–H and O–H groups in total. The zero-order valence-electron chi connectivity index (χ0n) is 13.4. The molecule has 3 aromatic rings. The number of aromatic nitrogens is 2. The molecule has 2 aromatic heterocycles. The van der Waals surface area contributed by atoms with Gasteiger partial charge in [0.15, 0.2) is 18.2 Å². The zero-order chi connectivity index (χ0) is 17.5. The van der Waals surface area contributed by atoms with Gasteiger partial charge in [0.2, 0.25) is 0 Å². The van der Waals surface area contributed by atoms with E-state index in [-0.39, 0.29) is 24.8 Å². The van der Waals surface area contributed by atoms with Crippen LogP contribution in [0, 0.1) is 5.82 Å². The summed E-state index contributed by atoms with van der Waals surface area (Å²) in [7, 11) is 0. The number of amides is 1. The molecule has 126 valence electrons. The monoisotopic (exact) mass is 337 g/mol. The van der Waals surface area contributed by atoms with E-state index in [1.165, 1.54) is 12.1 Å². The van der Waals surface area contributed by atoms with Crippen molar-refractivity contribution in [2.24, 2.45) is 0 Å².